The highest BCUT2D eigenvalue weighted by molar-refractivity contribution is 5.77. The lowest BCUT2D eigenvalue weighted by atomic mass is 9.87. The molecule has 0 aliphatic heterocycles. The standard InChI is InChI=1S/C15H22N2O3/c16-12-4-2-6-14(8-12)20-10-15(19)17-9-11-3-1-5-13(18)7-11/h2,4,6,8,11,13,18H,1,3,5,7,9-10,16H2,(H,17,19). The number of aliphatic hydroxyl groups is 1. The van der Waals surface area contributed by atoms with Crippen molar-refractivity contribution in [3.8, 4) is 5.75 Å². The van der Waals surface area contributed by atoms with Gasteiger partial charge < -0.3 is 20.9 Å². The lowest BCUT2D eigenvalue weighted by Crippen LogP contribution is -2.35. The number of nitrogens with one attached hydrogen (secondary N) is 1. The maximum Gasteiger partial charge on any atom is 0.257 e. The predicted molar refractivity (Wildman–Crippen MR) is 77.3 cm³/mol. The Balaban J connectivity index is 1.67. The summed E-state index contributed by atoms with van der Waals surface area (Å²) >= 11 is 0. The lowest BCUT2D eigenvalue weighted by Gasteiger charge is -2.25. The van der Waals surface area contributed by atoms with Gasteiger partial charge in [0.15, 0.2) is 6.61 Å². The van der Waals surface area contributed by atoms with E-state index in [1.807, 2.05) is 0 Å². The first-order chi connectivity index (χ1) is 9.63. The summed E-state index contributed by atoms with van der Waals surface area (Å²) in [4.78, 5) is 11.7. The Morgan fingerprint density at radius 3 is 3.05 bits per heavy atom. The minimum atomic E-state index is -0.214. The molecule has 1 saturated carbocycles. The molecule has 0 saturated heterocycles. The maximum absolute atomic E-state index is 11.7. The number of amides is 1. The van der Waals surface area contributed by atoms with Crippen molar-refractivity contribution in [3.05, 3.63) is 24.3 Å². The summed E-state index contributed by atoms with van der Waals surface area (Å²) in [5, 5.41) is 12.4. The molecule has 1 aromatic rings. The summed E-state index contributed by atoms with van der Waals surface area (Å²) in [6.07, 6.45) is 3.53. The first-order valence-corrected chi connectivity index (χ1v) is 7.06. The molecule has 0 aromatic heterocycles. The van der Waals surface area contributed by atoms with Crippen LogP contribution in [0.15, 0.2) is 24.3 Å². The highest BCUT2D eigenvalue weighted by atomic mass is 16.5. The van der Waals surface area contributed by atoms with Gasteiger partial charge in [-0.25, -0.2) is 0 Å². The predicted octanol–water partition coefficient (Wildman–Crippen LogP) is 1.31. The normalized spacial score (nSPS) is 22.2. The summed E-state index contributed by atoms with van der Waals surface area (Å²) < 4.78 is 5.37. The van der Waals surface area contributed by atoms with Gasteiger partial charge >= 0.3 is 0 Å². The van der Waals surface area contributed by atoms with E-state index in [1.165, 1.54) is 0 Å². The first kappa shape index (κ1) is 14.7. The van der Waals surface area contributed by atoms with Crippen LogP contribution in [0.4, 0.5) is 5.69 Å². The summed E-state index contributed by atoms with van der Waals surface area (Å²) in [5.74, 6) is 0.816. The van der Waals surface area contributed by atoms with Crippen molar-refractivity contribution in [2.75, 3.05) is 18.9 Å². The van der Waals surface area contributed by atoms with E-state index in [1.54, 1.807) is 24.3 Å². The van der Waals surface area contributed by atoms with Crippen LogP contribution < -0.4 is 15.8 Å². The van der Waals surface area contributed by atoms with Crippen molar-refractivity contribution in [1.29, 1.82) is 0 Å². The molecular weight excluding hydrogens is 256 g/mol. The molecule has 4 N–H and O–H groups in total. The third-order valence-electron chi connectivity index (χ3n) is 3.57. The molecule has 1 aromatic carbocycles. The van der Waals surface area contributed by atoms with Gasteiger partial charge in [-0.1, -0.05) is 12.5 Å². The number of ether oxygens (including phenoxy) is 1. The average molecular weight is 278 g/mol. The monoisotopic (exact) mass is 278 g/mol. The number of anilines is 1. The van der Waals surface area contributed by atoms with Crippen LogP contribution in [0.2, 0.25) is 0 Å². The van der Waals surface area contributed by atoms with Crippen LogP contribution in [0, 0.1) is 5.92 Å². The molecule has 0 heterocycles. The van der Waals surface area contributed by atoms with E-state index in [4.69, 9.17) is 10.5 Å². The van der Waals surface area contributed by atoms with Crippen LogP contribution in [0.25, 0.3) is 0 Å². The second kappa shape index (κ2) is 7.14. The van der Waals surface area contributed by atoms with E-state index >= 15 is 0 Å². The molecule has 1 aliphatic carbocycles. The topological polar surface area (TPSA) is 84.6 Å². The van der Waals surface area contributed by atoms with E-state index in [-0.39, 0.29) is 18.6 Å². The molecule has 5 heteroatoms. The Hall–Kier alpha value is -1.75. The average Bonchev–Trinajstić information content (AvgIpc) is 2.43. The lowest BCUT2D eigenvalue weighted by molar-refractivity contribution is -0.123. The van der Waals surface area contributed by atoms with E-state index in [9.17, 15) is 9.90 Å². The number of carbonyl (C=O) groups is 1. The fourth-order valence-corrected chi connectivity index (χ4v) is 2.51. The quantitative estimate of drug-likeness (QED) is 0.709. The largest absolute Gasteiger partial charge is 0.484 e. The van der Waals surface area contributed by atoms with Gasteiger partial charge in [0.1, 0.15) is 5.75 Å². The van der Waals surface area contributed by atoms with Crippen LogP contribution in [0.3, 0.4) is 0 Å². The highest BCUT2D eigenvalue weighted by Gasteiger charge is 2.20. The molecule has 1 aliphatic rings. The van der Waals surface area contributed by atoms with Crippen LogP contribution in [0.1, 0.15) is 25.7 Å². The summed E-state index contributed by atoms with van der Waals surface area (Å²) in [7, 11) is 0. The van der Waals surface area contributed by atoms with Crippen molar-refractivity contribution in [1.82, 2.24) is 5.32 Å². The van der Waals surface area contributed by atoms with Crippen LogP contribution in [0.5, 0.6) is 5.75 Å². The second-order valence-electron chi connectivity index (χ2n) is 5.35. The third-order valence-corrected chi connectivity index (χ3v) is 3.57. The SMILES string of the molecule is Nc1cccc(OCC(=O)NCC2CCCC(O)C2)c1. The van der Waals surface area contributed by atoms with E-state index in [0.29, 0.717) is 23.9 Å². The summed E-state index contributed by atoms with van der Waals surface area (Å²) in [6.45, 7) is 0.592. The molecule has 2 unspecified atom stereocenters. The summed E-state index contributed by atoms with van der Waals surface area (Å²) in [6, 6.07) is 7.00. The molecule has 2 rings (SSSR count). The van der Waals surface area contributed by atoms with E-state index in [0.717, 1.165) is 25.7 Å². The van der Waals surface area contributed by atoms with Crippen molar-refractivity contribution < 1.29 is 14.6 Å². The van der Waals surface area contributed by atoms with Gasteiger partial charge in [-0.3, -0.25) is 4.79 Å². The molecule has 0 radical (unpaired) electrons. The Morgan fingerprint density at radius 2 is 2.30 bits per heavy atom. The second-order valence-corrected chi connectivity index (χ2v) is 5.35. The number of hydrogen-bond acceptors (Lipinski definition) is 4. The van der Waals surface area contributed by atoms with Crippen molar-refractivity contribution in [3.63, 3.8) is 0 Å². The van der Waals surface area contributed by atoms with Crippen LogP contribution in [-0.2, 0) is 4.79 Å². The van der Waals surface area contributed by atoms with Crippen LogP contribution >= 0.6 is 0 Å². The van der Waals surface area contributed by atoms with Crippen LogP contribution in [-0.4, -0.2) is 30.3 Å². The minimum Gasteiger partial charge on any atom is -0.484 e. The van der Waals surface area contributed by atoms with Crippen molar-refractivity contribution >= 4 is 11.6 Å². The van der Waals surface area contributed by atoms with Gasteiger partial charge in [0.25, 0.3) is 5.91 Å². The smallest absolute Gasteiger partial charge is 0.257 e. The zero-order chi connectivity index (χ0) is 14.4. The summed E-state index contributed by atoms with van der Waals surface area (Å²) in [5.41, 5.74) is 6.24. The van der Waals surface area contributed by atoms with Gasteiger partial charge in [0.05, 0.1) is 6.10 Å². The fourth-order valence-electron chi connectivity index (χ4n) is 2.51. The zero-order valence-electron chi connectivity index (χ0n) is 11.5. The number of nitrogen functional groups attached to an aromatic ring is 1. The Labute approximate surface area is 119 Å². The fraction of sp³-hybridized carbons (Fsp3) is 0.533. The highest BCUT2D eigenvalue weighted by Crippen LogP contribution is 2.23. The number of hydrogen-bond donors (Lipinski definition) is 3. The van der Waals surface area contributed by atoms with Gasteiger partial charge in [-0.05, 0) is 37.3 Å². The van der Waals surface area contributed by atoms with Gasteiger partial charge in [-0.2, -0.15) is 0 Å². The minimum absolute atomic E-state index is 0.0152. The number of benzene rings is 1. The number of aliphatic hydroxyl groups excluding tert-OH is 1. The number of rotatable bonds is 5. The van der Waals surface area contributed by atoms with Crippen molar-refractivity contribution in [2.45, 2.75) is 31.8 Å². The molecular formula is C15H22N2O3. The molecule has 0 spiro atoms. The first-order valence-electron chi connectivity index (χ1n) is 7.06. The molecule has 0 bridgehead atoms. The van der Waals surface area contributed by atoms with Crippen molar-refractivity contribution in [2.24, 2.45) is 5.92 Å². The molecule has 2 atom stereocenters. The van der Waals surface area contributed by atoms with E-state index < -0.39 is 0 Å². The third kappa shape index (κ3) is 4.74. The Kier molecular flexibility index (Phi) is 5.24. The Morgan fingerprint density at radius 1 is 1.45 bits per heavy atom. The zero-order valence-corrected chi connectivity index (χ0v) is 11.5. The molecule has 5 nitrogen and oxygen atoms in total. The van der Waals surface area contributed by atoms with Gasteiger partial charge in [0.2, 0.25) is 0 Å². The molecule has 1 fully saturated rings. The molecule has 1 amide bonds. The molecule has 20 heavy (non-hydrogen) atoms. The van der Waals surface area contributed by atoms with Gasteiger partial charge in [0, 0.05) is 18.3 Å². The molecule has 110 valence electrons. The maximum atomic E-state index is 11.7. The van der Waals surface area contributed by atoms with Gasteiger partial charge in [-0.15, -0.1) is 0 Å². The number of nitrogens with two attached hydrogens (primary N) is 1. The Bertz CT molecular complexity index is 450. The van der Waals surface area contributed by atoms with E-state index in [2.05, 4.69) is 5.32 Å². The number of carbonyl (C=O) groups excluding carboxylic acids is 1.